The summed E-state index contributed by atoms with van der Waals surface area (Å²) in [5.41, 5.74) is 1.94. The van der Waals surface area contributed by atoms with E-state index in [1.54, 1.807) is 5.70 Å². The van der Waals surface area contributed by atoms with Gasteiger partial charge >= 0.3 is 0 Å². The molecule has 3 fully saturated rings. The Kier molecular flexibility index (Phi) is 8.38. The predicted molar refractivity (Wildman–Crippen MR) is 126 cm³/mol. The van der Waals surface area contributed by atoms with Gasteiger partial charge in [-0.05, 0) is 63.2 Å². The third-order valence-corrected chi connectivity index (χ3v) is 7.44. The molecule has 2 heterocycles. The number of nitrogens with one attached hydrogen (secondary N) is 1. The molecule has 3 heteroatoms. The van der Waals surface area contributed by atoms with Crippen molar-refractivity contribution in [2.75, 3.05) is 26.2 Å². The maximum absolute atomic E-state index is 4.39. The van der Waals surface area contributed by atoms with Gasteiger partial charge in [0.1, 0.15) is 0 Å². The van der Waals surface area contributed by atoms with Gasteiger partial charge in [-0.1, -0.05) is 59.1 Å². The molecule has 0 aromatic heterocycles. The first-order valence-electron chi connectivity index (χ1n) is 12.7. The van der Waals surface area contributed by atoms with Gasteiger partial charge in [0.25, 0.3) is 0 Å². The van der Waals surface area contributed by atoms with Crippen molar-refractivity contribution in [3.63, 3.8) is 0 Å². The molecule has 1 unspecified atom stereocenters. The number of unbranched alkanes of at least 4 members (excludes halogenated alkanes) is 2. The average molecular weight is 402 g/mol. The van der Waals surface area contributed by atoms with Crippen molar-refractivity contribution >= 4 is 0 Å². The Morgan fingerprint density at radius 2 is 1.83 bits per heavy atom. The first-order valence-corrected chi connectivity index (χ1v) is 12.7. The van der Waals surface area contributed by atoms with Gasteiger partial charge in [0.2, 0.25) is 0 Å². The van der Waals surface area contributed by atoms with Gasteiger partial charge in [-0.15, -0.1) is 0 Å². The van der Waals surface area contributed by atoms with Gasteiger partial charge < -0.3 is 15.1 Å². The lowest BCUT2D eigenvalue weighted by Crippen LogP contribution is -2.42. The molecule has 3 nitrogen and oxygen atoms in total. The summed E-state index contributed by atoms with van der Waals surface area (Å²) in [5.74, 6) is 3.03. The summed E-state index contributed by atoms with van der Waals surface area (Å²) < 4.78 is 0. The van der Waals surface area contributed by atoms with Crippen molar-refractivity contribution in [1.29, 1.82) is 0 Å². The molecule has 0 aromatic rings. The number of rotatable bonds is 13. The van der Waals surface area contributed by atoms with E-state index >= 15 is 0 Å². The van der Waals surface area contributed by atoms with Crippen molar-refractivity contribution in [1.82, 2.24) is 15.1 Å². The standard InChI is InChI=1S/C26H47N3/c1-5-8-15-26(16-9-6-2)21-29(22(4)27-26)18-14-24-13-17-28(20-24)25(10-7-3)19-23-11-12-23/h10,23-24,27H,4-9,11-21H2,1-3H3/b25-10+. The number of nitrogens with zero attached hydrogens (tertiary/aromatic N) is 2. The highest BCUT2D eigenvalue weighted by atomic mass is 15.3. The fraction of sp³-hybridized carbons (Fsp3) is 0.846. The Morgan fingerprint density at radius 3 is 2.45 bits per heavy atom. The summed E-state index contributed by atoms with van der Waals surface area (Å²) in [4.78, 5) is 5.29. The molecule has 1 atom stereocenters. The van der Waals surface area contributed by atoms with Crippen LogP contribution in [-0.4, -0.2) is 41.5 Å². The predicted octanol–water partition coefficient (Wildman–Crippen LogP) is 6.29. The topological polar surface area (TPSA) is 18.5 Å². The van der Waals surface area contributed by atoms with Crippen molar-refractivity contribution < 1.29 is 0 Å². The minimum atomic E-state index is 0.284. The summed E-state index contributed by atoms with van der Waals surface area (Å²) in [5, 5.41) is 3.85. The minimum absolute atomic E-state index is 0.284. The molecule has 2 saturated heterocycles. The molecule has 2 aliphatic heterocycles. The van der Waals surface area contributed by atoms with Crippen LogP contribution in [0.15, 0.2) is 24.2 Å². The van der Waals surface area contributed by atoms with Gasteiger partial charge in [0.05, 0.1) is 11.4 Å². The van der Waals surface area contributed by atoms with Gasteiger partial charge in [0, 0.05) is 31.9 Å². The summed E-state index contributed by atoms with van der Waals surface area (Å²) in [6, 6.07) is 0. The number of hydrogen-bond donors (Lipinski definition) is 1. The summed E-state index contributed by atoms with van der Waals surface area (Å²) in [7, 11) is 0. The third-order valence-electron chi connectivity index (χ3n) is 7.44. The van der Waals surface area contributed by atoms with E-state index in [9.17, 15) is 0 Å². The Bertz CT molecular complexity index is 540. The van der Waals surface area contributed by atoms with Gasteiger partial charge in [-0.3, -0.25) is 0 Å². The van der Waals surface area contributed by atoms with E-state index in [1.165, 1.54) is 109 Å². The van der Waals surface area contributed by atoms with E-state index < -0.39 is 0 Å². The summed E-state index contributed by atoms with van der Waals surface area (Å²) in [6.45, 7) is 16.2. The molecule has 0 amide bonds. The molecule has 3 rings (SSSR count). The molecule has 3 aliphatic rings. The van der Waals surface area contributed by atoms with Crippen molar-refractivity contribution in [3.8, 4) is 0 Å². The quantitative estimate of drug-likeness (QED) is 0.391. The zero-order chi connectivity index (χ0) is 20.7. The van der Waals surface area contributed by atoms with E-state index in [0.29, 0.717) is 0 Å². The van der Waals surface area contributed by atoms with Crippen LogP contribution in [0.25, 0.3) is 0 Å². The maximum atomic E-state index is 4.39. The highest BCUT2D eigenvalue weighted by Gasteiger charge is 2.38. The Labute approximate surface area is 181 Å². The lowest BCUT2D eigenvalue weighted by atomic mass is 9.88. The number of allylic oxidation sites excluding steroid dienone is 2. The minimum Gasteiger partial charge on any atom is -0.375 e. The van der Waals surface area contributed by atoms with Crippen molar-refractivity contribution in [2.24, 2.45) is 11.8 Å². The highest BCUT2D eigenvalue weighted by Crippen LogP contribution is 2.38. The van der Waals surface area contributed by atoms with Crippen LogP contribution in [0.2, 0.25) is 0 Å². The molecule has 0 radical (unpaired) electrons. The molecular formula is C26H47N3. The normalized spacial score (nSPS) is 24.4. The van der Waals surface area contributed by atoms with Crippen LogP contribution in [0, 0.1) is 11.8 Å². The smallest absolute Gasteiger partial charge is 0.0944 e. The van der Waals surface area contributed by atoms with Crippen LogP contribution >= 0.6 is 0 Å². The van der Waals surface area contributed by atoms with E-state index in [-0.39, 0.29) is 5.54 Å². The van der Waals surface area contributed by atoms with Gasteiger partial charge in [-0.25, -0.2) is 0 Å². The molecule has 1 aliphatic carbocycles. The monoisotopic (exact) mass is 401 g/mol. The second kappa shape index (κ2) is 10.8. The number of hydrogen-bond acceptors (Lipinski definition) is 3. The first-order chi connectivity index (χ1) is 14.1. The molecular weight excluding hydrogens is 354 g/mol. The largest absolute Gasteiger partial charge is 0.375 e. The summed E-state index contributed by atoms with van der Waals surface area (Å²) in [6.07, 6.45) is 18.4. The highest BCUT2D eigenvalue weighted by molar-refractivity contribution is 5.11. The fourth-order valence-corrected chi connectivity index (χ4v) is 5.40. The van der Waals surface area contributed by atoms with Crippen LogP contribution in [-0.2, 0) is 0 Å². The number of likely N-dealkylation sites (tertiary alicyclic amines) is 1. The molecule has 29 heavy (non-hydrogen) atoms. The second-order valence-corrected chi connectivity index (χ2v) is 10.1. The summed E-state index contributed by atoms with van der Waals surface area (Å²) >= 11 is 0. The van der Waals surface area contributed by atoms with E-state index in [2.05, 4.69) is 48.5 Å². The molecule has 166 valence electrons. The van der Waals surface area contributed by atoms with Crippen LogP contribution in [0.3, 0.4) is 0 Å². The zero-order valence-corrected chi connectivity index (χ0v) is 19.6. The SMILES string of the molecule is C=C1NC(CCCC)(CCCC)CN1CCC1CCN(/C(=C/CC)CC2CC2)C1. The van der Waals surface area contributed by atoms with Gasteiger partial charge in [-0.2, -0.15) is 0 Å². The van der Waals surface area contributed by atoms with Crippen molar-refractivity contribution in [3.05, 3.63) is 24.2 Å². The van der Waals surface area contributed by atoms with E-state index in [0.717, 1.165) is 11.8 Å². The van der Waals surface area contributed by atoms with E-state index in [4.69, 9.17) is 0 Å². The van der Waals surface area contributed by atoms with Crippen LogP contribution in [0.1, 0.15) is 97.8 Å². The lowest BCUT2D eigenvalue weighted by Gasteiger charge is -2.29. The van der Waals surface area contributed by atoms with Crippen LogP contribution in [0.5, 0.6) is 0 Å². The van der Waals surface area contributed by atoms with Crippen molar-refractivity contribution in [2.45, 2.75) is 103 Å². The third kappa shape index (κ3) is 6.43. The zero-order valence-electron chi connectivity index (χ0n) is 19.6. The Balaban J connectivity index is 1.48. The van der Waals surface area contributed by atoms with Crippen LogP contribution in [0.4, 0.5) is 0 Å². The van der Waals surface area contributed by atoms with E-state index in [1.807, 2.05) is 0 Å². The van der Waals surface area contributed by atoms with Crippen LogP contribution < -0.4 is 5.32 Å². The van der Waals surface area contributed by atoms with Gasteiger partial charge in [0.15, 0.2) is 0 Å². The molecule has 1 N–H and O–H groups in total. The fourth-order valence-electron chi connectivity index (χ4n) is 5.40. The first kappa shape index (κ1) is 22.6. The average Bonchev–Trinajstić information content (AvgIpc) is 3.31. The molecule has 0 aromatic carbocycles. The Hall–Kier alpha value is -1.12. The molecule has 1 saturated carbocycles. The maximum Gasteiger partial charge on any atom is 0.0944 e. The molecule has 0 spiro atoms. The molecule has 0 bridgehead atoms. The second-order valence-electron chi connectivity index (χ2n) is 10.1. The lowest BCUT2D eigenvalue weighted by molar-refractivity contribution is 0.272. The Morgan fingerprint density at radius 1 is 1.10 bits per heavy atom.